The molecule has 0 heterocycles. The maximum absolute atomic E-state index is 10.1. The maximum Gasteiger partial charge on any atom is 0.283 e. The Morgan fingerprint density at radius 3 is 2.45 bits per heavy atom. The minimum absolute atomic E-state index is 0.213. The highest BCUT2D eigenvalue weighted by Gasteiger charge is 2.03. The molecule has 0 fully saturated rings. The fourth-order valence-corrected chi connectivity index (χ4v) is 1.01. The molecule has 0 bridgehead atoms. The van der Waals surface area contributed by atoms with Crippen LogP contribution in [0.25, 0.3) is 0 Å². The molecule has 0 aromatic carbocycles. The molecule has 66 valence electrons. The van der Waals surface area contributed by atoms with Crippen LogP contribution in [0.3, 0.4) is 0 Å². The van der Waals surface area contributed by atoms with Crippen LogP contribution in [-0.4, -0.2) is 30.5 Å². The van der Waals surface area contributed by atoms with Gasteiger partial charge in [-0.25, -0.2) is 0 Å². The summed E-state index contributed by atoms with van der Waals surface area (Å²) in [5, 5.41) is 5.18. The maximum atomic E-state index is 10.1. The monoisotopic (exact) mass is 198 g/mol. The van der Waals surface area contributed by atoms with Crippen molar-refractivity contribution in [3.8, 4) is 0 Å². The third kappa shape index (κ3) is 7.50. The van der Waals surface area contributed by atoms with Crippen molar-refractivity contribution in [2.75, 3.05) is 12.4 Å². The van der Waals surface area contributed by atoms with Gasteiger partial charge in [0, 0.05) is 6.54 Å². The van der Waals surface area contributed by atoms with Gasteiger partial charge in [-0.2, -0.15) is 8.42 Å². The summed E-state index contributed by atoms with van der Waals surface area (Å²) in [4.78, 5) is 0. The second kappa shape index (κ2) is 4.47. The average Bonchev–Trinajstić information content (AvgIpc) is 1.83. The first kappa shape index (κ1) is 10.6. The molecule has 0 atom stereocenters. The molecule has 0 unspecified atom stereocenters. The fraction of sp³-hybridized carbons (Fsp3) is 0.750. The standard InChI is InChI=1S/C4H10N2O3S2/c1-2-5-4(10)6-3-11(7,8)9/h2-3H2,1H3,(H2,5,6,10)(H,7,8,9). The van der Waals surface area contributed by atoms with E-state index in [-0.39, 0.29) is 5.11 Å². The molecule has 5 nitrogen and oxygen atoms in total. The Balaban J connectivity index is 3.64. The third-order valence-corrected chi connectivity index (χ3v) is 1.55. The molecule has 3 N–H and O–H groups in total. The zero-order valence-corrected chi connectivity index (χ0v) is 7.63. The molecule has 7 heteroatoms. The normalized spacial score (nSPS) is 10.7. The van der Waals surface area contributed by atoms with E-state index in [9.17, 15) is 8.42 Å². The van der Waals surface area contributed by atoms with Gasteiger partial charge in [-0.05, 0) is 19.1 Å². The highest BCUT2D eigenvalue weighted by atomic mass is 32.2. The van der Waals surface area contributed by atoms with Crippen LogP contribution in [0.1, 0.15) is 6.92 Å². The Labute approximate surface area is 70.9 Å². The molecular weight excluding hydrogens is 188 g/mol. The van der Waals surface area contributed by atoms with Crippen molar-refractivity contribution in [3.63, 3.8) is 0 Å². The lowest BCUT2D eigenvalue weighted by Crippen LogP contribution is -2.37. The average molecular weight is 198 g/mol. The van der Waals surface area contributed by atoms with E-state index in [4.69, 9.17) is 4.55 Å². The Kier molecular flexibility index (Phi) is 4.31. The van der Waals surface area contributed by atoms with E-state index in [1.165, 1.54) is 0 Å². The molecule has 0 aromatic heterocycles. The number of thiocarbonyl (C=S) groups is 1. The molecular formula is C4H10N2O3S2. The van der Waals surface area contributed by atoms with Gasteiger partial charge in [0.25, 0.3) is 10.1 Å². The van der Waals surface area contributed by atoms with E-state index in [0.717, 1.165) is 0 Å². The molecule has 0 rings (SSSR count). The molecule has 0 aliphatic rings. The van der Waals surface area contributed by atoms with E-state index in [1.807, 2.05) is 6.92 Å². The number of nitrogens with one attached hydrogen (secondary N) is 2. The van der Waals surface area contributed by atoms with Gasteiger partial charge in [0.2, 0.25) is 0 Å². The first-order valence-corrected chi connectivity index (χ1v) is 4.94. The van der Waals surface area contributed by atoms with Crippen LogP contribution >= 0.6 is 12.2 Å². The van der Waals surface area contributed by atoms with Crippen LogP contribution in [0.2, 0.25) is 0 Å². The van der Waals surface area contributed by atoms with Crippen molar-refractivity contribution < 1.29 is 13.0 Å². The van der Waals surface area contributed by atoms with Crippen molar-refractivity contribution in [2.24, 2.45) is 0 Å². The topological polar surface area (TPSA) is 78.4 Å². The summed E-state index contributed by atoms with van der Waals surface area (Å²) in [7, 11) is -3.98. The lowest BCUT2D eigenvalue weighted by atomic mass is 10.7. The SMILES string of the molecule is CCNC(=S)NCS(=O)(=O)O. The van der Waals surface area contributed by atoms with Gasteiger partial charge in [-0.15, -0.1) is 0 Å². The van der Waals surface area contributed by atoms with Crippen molar-refractivity contribution in [1.82, 2.24) is 10.6 Å². The lowest BCUT2D eigenvalue weighted by molar-refractivity contribution is 0.481. The van der Waals surface area contributed by atoms with Gasteiger partial charge in [-0.1, -0.05) is 0 Å². The molecule has 0 amide bonds. The Hall–Kier alpha value is -0.400. The van der Waals surface area contributed by atoms with E-state index < -0.39 is 16.0 Å². The summed E-state index contributed by atoms with van der Waals surface area (Å²) < 4.78 is 28.5. The molecule has 0 aliphatic heterocycles. The Bertz CT molecular complexity index is 223. The van der Waals surface area contributed by atoms with Crippen LogP contribution in [0.4, 0.5) is 0 Å². The fourth-order valence-electron chi connectivity index (χ4n) is 0.380. The third-order valence-electron chi connectivity index (χ3n) is 0.752. The van der Waals surface area contributed by atoms with E-state index >= 15 is 0 Å². The Morgan fingerprint density at radius 2 is 2.09 bits per heavy atom. The number of hydrogen-bond acceptors (Lipinski definition) is 3. The molecule has 0 aliphatic carbocycles. The molecule has 0 spiro atoms. The summed E-state index contributed by atoms with van der Waals surface area (Å²) >= 11 is 4.62. The lowest BCUT2D eigenvalue weighted by Gasteiger charge is -2.05. The van der Waals surface area contributed by atoms with Gasteiger partial charge in [-0.3, -0.25) is 4.55 Å². The van der Waals surface area contributed by atoms with Crippen molar-refractivity contribution >= 4 is 27.4 Å². The van der Waals surface area contributed by atoms with Crippen LogP contribution in [0.15, 0.2) is 0 Å². The highest BCUT2D eigenvalue weighted by Crippen LogP contribution is 1.76. The second-order valence-corrected chi connectivity index (χ2v) is 3.62. The molecule has 0 radical (unpaired) electrons. The van der Waals surface area contributed by atoms with Crippen LogP contribution < -0.4 is 10.6 Å². The summed E-state index contributed by atoms with van der Waals surface area (Å²) in [6.45, 7) is 2.43. The van der Waals surface area contributed by atoms with Gasteiger partial charge >= 0.3 is 0 Å². The molecule has 0 saturated heterocycles. The minimum atomic E-state index is -3.98. The van der Waals surface area contributed by atoms with Crippen LogP contribution in [0, 0.1) is 0 Å². The second-order valence-electron chi connectivity index (χ2n) is 1.76. The summed E-state index contributed by atoms with van der Waals surface area (Å²) in [5.41, 5.74) is 0. The molecule has 11 heavy (non-hydrogen) atoms. The minimum Gasteiger partial charge on any atom is -0.363 e. The van der Waals surface area contributed by atoms with Crippen LogP contribution in [-0.2, 0) is 10.1 Å². The zero-order valence-electron chi connectivity index (χ0n) is 5.99. The van der Waals surface area contributed by atoms with Crippen LogP contribution in [0.5, 0.6) is 0 Å². The predicted octanol–water partition coefficient (Wildman–Crippen LogP) is -0.684. The van der Waals surface area contributed by atoms with E-state index in [1.54, 1.807) is 0 Å². The van der Waals surface area contributed by atoms with Gasteiger partial charge < -0.3 is 10.6 Å². The van der Waals surface area contributed by atoms with Gasteiger partial charge in [0.05, 0.1) is 0 Å². The zero-order chi connectivity index (χ0) is 8.91. The van der Waals surface area contributed by atoms with Crippen molar-refractivity contribution in [3.05, 3.63) is 0 Å². The van der Waals surface area contributed by atoms with Gasteiger partial charge in [0.1, 0.15) is 5.88 Å². The van der Waals surface area contributed by atoms with E-state index in [0.29, 0.717) is 6.54 Å². The van der Waals surface area contributed by atoms with E-state index in [2.05, 4.69) is 22.9 Å². The largest absolute Gasteiger partial charge is 0.363 e. The van der Waals surface area contributed by atoms with Crippen molar-refractivity contribution in [1.29, 1.82) is 0 Å². The summed E-state index contributed by atoms with van der Waals surface area (Å²) in [5.74, 6) is -0.557. The van der Waals surface area contributed by atoms with Gasteiger partial charge in [0.15, 0.2) is 5.11 Å². The number of rotatable bonds is 3. The first-order chi connectivity index (χ1) is 4.95. The molecule has 0 aromatic rings. The predicted molar refractivity (Wildman–Crippen MR) is 45.8 cm³/mol. The summed E-state index contributed by atoms with van der Waals surface area (Å²) in [6.07, 6.45) is 0. The quantitative estimate of drug-likeness (QED) is 0.412. The number of hydrogen-bond donors (Lipinski definition) is 3. The Morgan fingerprint density at radius 1 is 1.55 bits per heavy atom. The summed E-state index contributed by atoms with van der Waals surface area (Å²) in [6, 6.07) is 0. The first-order valence-electron chi connectivity index (χ1n) is 2.92. The van der Waals surface area contributed by atoms with Crippen molar-refractivity contribution in [2.45, 2.75) is 6.92 Å². The highest BCUT2D eigenvalue weighted by molar-refractivity contribution is 7.85. The smallest absolute Gasteiger partial charge is 0.283 e. The molecule has 0 saturated carbocycles.